The molecule has 1 aromatic heterocycles. The number of benzene rings is 1. The summed E-state index contributed by atoms with van der Waals surface area (Å²) in [6.07, 6.45) is 2.02. The molecule has 2 rings (SSSR count). The topological polar surface area (TPSA) is 56.3 Å². The summed E-state index contributed by atoms with van der Waals surface area (Å²) in [6.45, 7) is 2.15. The molecule has 0 aliphatic heterocycles. The van der Waals surface area contributed by atoms with Crippen LogP contribution in [0.3, 0.4) is 0 Å². The third-order valence-corrected chi connectivity index (χ3v) is 4.05. The molecule has 5 nitrogen and oxygen atoms in total. The summed E-state index contributed by atoms with van der Waals surface area (Å²) >= 11 is 3.09. The summed E-state index contributed by atoms with van der Waals surface area (Å²) < 4.78 is 10.7. The summed E-state index contributed by atoms with van der Waals surface area (Å²) in [4.78, 5) is 1.09. The number of aromatic nitrogens is 2. The summed E-state index contributed by atoms with van der Waals surface area (Å²) in [7, 11) is 1.68. The smallest absolute Gasteiger partial charge is 0.299 e. The van der Waals surface area contributed by atoms with E-state index in [4.69, 9.17) is 9.47 Å². The van der Waals surface area contributed by atoms with Crippen molar-refractivity contribution in [2.75, 3.05) is 26.5 Å². The number of nitrogens with zero attached hydrogens (tertiary/aromatic N) is 2. The second-order valence-electron chi connectivity index (χ2n) is 3.88. The van der Waals surface area contributed by atoms with Crippen LogP contribution in [-0.2, 0) is 11.3 Å². The Morgan fingerprint density at radius 1 is 1.30 bits per heavy atom. The fourth-order valence-electron chi connectivity index (χ4n) is 1.52. The Balaban J connectivity index is 1.92. The molecule has 1 aromatic carbocycles. The Bertz CT molecular complexity index is 534. The molecule has 0 unspecified atom stereocenters. The number of hydrogen-bond donors (Lipinski definition) is 1. The van der Waals surface area contributed by atoms with Gasteiger partial charge in [-0.25, -0.2) is 0 Å². The van der Waals surface area contributed by atoms with Gasteiger partial charge >= 0.3 is 0 Å². The number of nitrogens with one attached hydrogen (secondary N) is 1. The Morgan fingerprint density at radius 3 is 2.95 bits per heavy atom. The summed E-state index contributed by atoms with van der Waals surface area (Å²) in [5.41, 5.74) is 0. The molecule has 0 saturated heterocycles. The van der Waals surface area contributed by atoms with Crippen LogP contribution in [0.1, 0.15) is 5.01 Å². The molecule has 0 aliphatic rings. The van der Waals surface area contributed by atoms with Crippen molar-refractivity contribution in [2.24, 2.45) is 0 Å². The first-order valence-electron chi connectivity index (χ1n) is 6.16. The van der Waals surface area contributed by atoms with Crippen molar-refractivity contribution in [3.05, 3.63) is 29.3 Å². The van der Waals surface area contributed by atoms with E-state index in [-0.39, 0.29) is 0 Å². The van der Waals surface area contributed by atoms with E-state index in [0.29, 0.717) is 18.3 Å². The fraction of sp³-hybridized carbons (Fsp3) is 0.385. The molecule has 0 saturated carbocycles. The molecule has 7 heteroatoms. The van der Waals surface area contributed by atoms with E-state index in [0.717, 1.165) is 22.2 Å². The van der Waals surface area contributed by atoms with Crippen LogP contribution in [-0.4, -0.2) is 36.7 Å². The minimum atomic E-state index is 0.565. The van der Waals surface area contributed by atoms with Crippen LogP contribution in [0, 0.1) is 0 Å². The SMILES string of the molecule is COCCNCc1nnc(Oc2ccccc2SC)s1. The molecule has 0 atom stereocenters. The van der Waals surface area contributed by atoms with Crippen molar-refractivity contribution < 1.29 is 9.47 Å². The van der Waals surface area contributed by atoms with Crippen LogP contribution < -0.4 is 10.1 Å². The lowest BCUT2D eigenvalue weighted by atomic mass is 10.3. The zero-order valence-electron chi connectivity index (χ0n) is 11.5. The van der Waals surface area contributed by atoms with Gasteiger partial charge in [0.2, 0.25) is 0 Å². The van der Waals surface area contributed by atoms with E-state index < -0.39 is 0 Å². The van der Waals surface area contributed by atoms with Gasteiger partial charge in [0.15, 0.2) is 0 Å². The molecule has 0 radical (unpaired) electrons. The normalized spacial score (nSPS) is 10.7. The van der Waals surface area contributed by atoms with Crippen LogP contribution in [0.15, 0.2) is 29.2 Å². The maximum absolute atomic E-state index is 5.78. The van der Waals surface area contributed by atoms with Crippen molar-refractivity contribution >= 4 is 23.1 Å². The third kappa shape index (κ3) is 4.45. The van der Waals surface area contributed by atoms with Gasteiger partial charge in [-0.1, -0.05) is 28.6 Å². The van der Waals surface area contributed by atoms with E-state index >= 15 is 0 Å². The highest BCUT2D eigenvalue weighted by molar-refractivity contribution is 7.98. The highest BCUT2D eigenvalue weighted by Crippen LogP contribution is 2.32. The largest absolute Gasteiger partial charge is 0.429 e. The van der Waals surface area contributed by atoms with Crippen molar-refractivity contribution in [1.82, 2.24) is 15.5 Å². The molecule has 0 fully saturated rings. The van der Waals surface area contributed by atoms with Gasteiger partial charge in [-0.2, -0.15) is 0 Å². The molecule has 108 valence electrons. The quantitative estimate of drug-likeness (QED) is 0.597. The molecule has 0 aliphatic carbocycles. The van der Waals surface area contributed by atoms with Crippen LogP contribution >= 0.6 is 23.1 Å². The van der Waals surface area contributed by atoms with Crippen LogP contribution in [0.2, 0.25) is 0 Å². The van der Waals surface area contributed by atoms with Crippen molar-refractivity contribution in [3.63, 3.8) is 0 Å². The first kappa shape index (κ1) is 15.2. The lowest BCUT2D eigenvalue weighted by Crippen LogP contribution is -2.18. The zero-order valence-corrected chi connectivity index (χ0v) is 13.1. The predicted octanol–water partition coefficient (Wildman–Crippen LogP) is 2.79. The minimum Gasteiger partial charge on any atom is -0.429 e. The van der Waals surface area contributed by atoms with Gasteiger partial charge in [-0.3, -0.25) is 0 Å². The Kier molecular flexibility index (Phi) is 6.25. The second kappa shape index (κ2) is 8.21. The predicted molar refractivity (Wildman–Crippen MR) is 81.8 cm³/mol. The molecule has 0 bridgehead atoms. The Hall–Kier alpha value is -1.15. The van der Waals surface area contributed by atoms with Crippen LogP contribution in [0.25, 0.3) is 0 Å². The molecule has 1 heterocycles. The highest BCUT2D eigenvalue weighted by Gasteiger charge is 2.08. The molecular weight excluding hydrogens is 294 g/mol. The molecule has 2 aromatic rings. The van der Waals surface area contributed by atoms with E-state index in [1.165, 1.54) is 11.3 Å². The number of methoxy groups -OCH3 is 1. The standard InChI is InChI=1S/C13H17N3O2S2/c1-17-8-7-14-9-12-15-16-13(20-12)18-10-5-3-4-6-11(10)19-2/h3-6,14H,7-9H2,1-2H3. The fourth-order valence-corrected chi connectivity index (χ4v) is 2.71. The third-order valence-electron chi connectivity index (χ3n) is 2.47. The van der Waals surface area contributed by atoms with Gasteiger partial charge in [0, 0.05) is 25.1 Å². The van der Waals surface area contributed by atoms with Crippen molar-refractivity contribution in [1.29, 1.82) is 0 Å². The Labute approximate surface area is 126 Å². The van der Waals surface area contributed by atoms with Crippen LogP contribution in [0.4, 0.5) is 0 Å². The number of thioether (sulfide) groups is 1. The number of ether oxygens (including phenoxy) is 2. The average Bonchev–Trinajstić information content (AvgIpc) is 2.92. The molecule has 1 N–H and O–H groups in total. The van der Waals surface area contributed by atoms with Gasteiger partial charge < -0.3 is 14.8 Å². The van der Waals surface area contributed by atoms with Crippen molar-refractivity contribution in [2.45, 2.75) is 11.4 Å². The Morgan fingerprint density at radius 2 is 2.15 bits per heavy atom. The average molecular weight is 311 g/mol. The van der Waals surface area contributed by atoms with Gasteiger partial charge in [-0.15, -0.1) is 16.9 Å². The molecule has 0 spiro atoms. The maximum atomic E-state index is 5.78. The molecule has 0 amide bonds. The van der Waals surface area contributed by atoms with Gasteiger partial charge in [0.05, 0.1) is 6.61 Å². The first-order valence-corrected chi connectivity index (χ1v) is 8.20. The van der Waals surface area contributed by atoms with Gasteiger partial charge in [0.1, 0.15) is 10.8 Å². The van der Waals surface area contributed by atoms with E-state index in [1.54, 1.807) is 18.9 Å². The van der Waals surface area contributed by atoms with E-state index in [9.17, 15) is 0 Å². The minimum absolute atomic E-state index is 0.565. The molecule has 20 heavy (non-hydrogen) atoms. The highest BCUT2D eigenvalue weighted by atomic mass is 32.2. The number of para-hydroxylation sites is 1. The van der Waals surface area contributed by atoms with E-state index in [2.05, 4.69) is 15.5 Å². The lowest BCUT2D eigenvalue weighted by molar-refractivity contribution is 0.199. The zero-order chi connectivity index (χ0) is 14.2. The van der Waals surface area contributed by atoms with Gasteiger partial charge in [0.25, 0.3) is 5.19 Å². The summed E-state index contributed by atoms with van der Waals surface area (Å²) in [5.74, 6) is 0.815. The first-order chi connectivity index (χ1) is 9.83. The number of rotatable bonds is 8. The van der Waals surface area contributed by atoms with Crippen molar-refractivity contribution in [3.8, 4) is 10.9 Å². The lowest BCUT2D eigenvalue weighted by Gasteiger charge is -2.05. The molecular formula is C13H17N3O2S2. The van der Waals surface area contributed by atoms with Gasteiger partial charge in [-0.05, 0) is 18.4 Å². The van der Waals surface area contributed by atoms with Crippen LogP contribution in [0.5, 0.6) is 10.9 Å². The summed E-state index contributed by atoms with van der Waals surface area (Å²) in [5, 5.41) is 12.8. The maximum Gasteiger partial charge on any atom is 0.299 e. The second-order valence-corrected chi connectivity index (χ2v) is 5.76. The number of hydrogen-bond acceptors (Lipinski definition) is 7. The summed E-state index contributed by atoms with van der Waals surface area (Å²) in [6, 6.07) is 7.89. The monoisotopic (exact) mass is 311 g/mol. The van der Waals surface area contributed by atoms with E-state index in [1.807, 2.05) is 30.5 Å².